The fourth-order valence-electron chi connectivity index (χ4n) is 2.67. The number of hydrogen-bond donors (Lipinski definition) is 2. The predicted octanol–water partition coefficient (Wildman–Crippen LogP) is 0.0594. The van der Waals surface area contributed by atoms with Crippen LogP contribution < -0.4 is 10.5 Å². The molecule has 0 spiro atoms. The van der Waals surface area contributed by atoms with Crippen LogP contribution in [0.4, 0.5) is 0 Å². The van der Waals surface area contributed by atoms with E-state index in [4.69, 9.17) is 9.88 Å². The molecular formula is C15H23N3O4S. The SMILES string of the molecule is CC1CN(CC(=O)NCc2ccc(S(N)(=O)=O)cc2)CC(C)O1. The van der Waals surface area contributed by atoms with Crippen molar-refractivity contribution in [2.24, 2.45) is 5.14 Å². The first-order valence-electron chi connectivity index (χ1n) is 7.50. The normalized spacial score (nSPS) is 22.7. The zero-order valence-electron chi connectivity index (χ0n) is 13.4. The minimum Gasteiger partial charge on any atom is -0.373 e. The number of sulfonamides is 1. The lowest BCUT2D eigenvalue weighted by Gasteiger charge is -2.34. The van der Waals surface area contributed by atoms with Gasteiger partial charge in [0.25, 0.3) is 0 Å². The number of hydrogen-bond acceptors (Lipinski definition) is 5. The molecule has 2 atom stereocenters. The van der Waals surface area contributed by atoms with Gasteiger partial charge in [0.2, 0.25) is 15.9 Å². The van der Waals surface area contributed by atoms with E-state index < -0.39 is 10.0 Å². The minimum atomic E-state index is -3.69. The highest BCUT2D eigenvalue weighted by Crippen LogP contribution is 2.10. The van der Waals surface area contributed by atoms with Crippen LogP contribution in [0.2, 0.25) is 0 Å². The second-order valence-corrected chi connectivity index (χ2v) is 7.48. The van der Waals surface area contributed by atoms with Crippen molar-refractivity contribution < 1.29 is 17.9 Å². The Morgan fingerprint density at radius 2 is 1.83 bits per heavy atom. The molecule has 128 valence electrons. The number of ether oxygens (including phenoxy) is 1. The van der Waals surface area contributed by atoms with Gasteiger partial charge in [-0.05, 0) is 31.5 Å². The van der Waals surface area contributed by atoms with Crippen LogP contribution in [0.5, 0.6) is 0 Å². The van der Waals surface area contributed by atoms with Crippen LogP contribution in [-0.4, -0.2) is 51.1 Å². The van der Waals surface area contributed by atoms with E-state index in [0.717, 1.165) is 18.7 Å². The van der Waals surface area contributed by atoms with Crippen molar-refractivity contribution in [3.05, 3.63) is 29.8 Å². The molecule has 8 heteroatoms. The van der Waals surface area contributed by atoms with Gasteiger partial charge in [0.05, 0.1) is 23.6 Å². The van der Waals surface area contributed by atoms with Gasteiger partial charge in [-0.2, -0.15) is 0 Å². The van der Waals surface area contributed by atoms with Gasteiger partial charge in [-0.3, -0.25) is 9.69 Å². The third-order valence-corrected chi connectivity index (χ3v) is 4.53. The number of carbonyl (C=O) groups excluding carboxylic acids is 1. The van der Waals surface area contributed by atoms with Crippen molar-refractivity contribution in [1.82, 2.24) is 10.2 Å². The van der Waals surface area contributed by atoms with Crippen molar-refractivity contribution >= 4 is 15.9 Å². The van der Waals surface area contributed by atoms with Gasteiger partial charge >= 0.3 is 0 Å². The third-order valence-electron chi connectivity index (χ3n) is 3.60. The van der Waals surface area contributed by atoms with Gasteiger partial charge in [-0.15, -0.1) is 0 Å². The molecule has 1 heterocycles. The van der Waals surface area contributed by atoms with Crippen molar-refractivity contribution in [2.45, 2.75) is 37.5 Å². The van der Waals surface area contributed by atoms with Gasteiger partial charge in [-0.25, -0.2) is 13.6 Å². The Bertz CT molecular complexity index is 635. The van der Waals surface area contributed by atoms with Crippen LogP contribution in [0, 0.1) is 0 Å². The number of carbonyl (C=O) groups is 1. The molecule has 7 nitrogen and oxygen atoms in total. The number of primary sulfonamides is 1. The molecule has 2 unspecified atom stereocenters. The molecule has 1 fully saturated rings. The monoisotopic (exact) mass is 341 g/mol. The van der Waals surface area contributed by atoms with E-state index in [9.17, 15) is 13.2 Å². The van der Waals surface area contributed by atoms with Crippen LogP contribution in [0.25, 0.3) is 0 Å². The molecule has 0 aromatic heterocycles. The molecule has 0 aliphatic carbocycles. The molecule has 2 rings (SSSR count). The first-order chi connectivity index (χ1) is 10.7. The standard InChI is InChI=1S/C15H23N3O4S/c1-11-8-18(9-12(2)22-11)10-15(19)17-7-13-3-5-14(6-4-13)23(16,20)21/h3-6,11-12H,7-10H2,1-2H3,(H,17,19)(H2,16,20,21). The average Bonchev–Trinajstić information content (AvgIpc) is 2.43. The van der Waals surface area contributed by atoms with Crippen molar-refractivity contribution in [3.8, 4) is 0 Å². The number of morpholine rings is 1. The summed E-state index contributed by atoms with van der Waals surface area (Å²) in [5.41, 5.74) is 0.814. The lowest BCUT2D eigenvalue weighted by atomic mass is 10.2. The Kier molecular flexibility index (Phi) is 5.74. The Balaban J connectivity index is 1.82. The summed E-state index contributed by atoms with van der Waals surface area (Å²) in [7, 11) is -3.69. The minimum absolute atomic E-state index is 0.0591. The summed E-state index contributed by atoms with van der Waals surface area (Å²) in [6.45, 7) is 6.13. The number of rotatable bonds is 5. The molecule has 1 aliphatic heterocycles. The van der Waals surface area contributed by atoms with Gasteiger partial charge < -0.3 is 10.1 Å². The molecule has 1 saturated heterocycles. The largest absolute Gasteiger partial charge is 0.373 e. The number of nitrogens with one attached hydrogen (secondary N) is 1. The maximum Gasteiger partial charge on any atom is 0.238 e. The maximum atomic E-state index is 12.0. The highest BCUT2D eigenvalue weighted by atomic mass is 32.2. The Labute approximate surface area is 136 Å². The first-order valence-corrected chi connectivity index (χ1v) is 9.05. The van der Waals surface area contributed by atoms with Gasteiger partial charge in [0.15, 0.2) is 0 Å². The lowest BCUT2D eigenvalue weighted by Crippen LogP contribution is -2.49. The maximum absolute atomic E-state index is 12.0. The summed E-state index contributed by atoms with van der Waals surface area (Å²) >= 11 is 0. The van der Waals surface area contributed by atoms with Crippen molar-refractivity contribution in [3.63, 3.8) is 0 Å². The Hall–Kier alpha value is -1.48. The predicted molar refractivity (Wildman–Crippen MR) is 86.1 cm³/mol. The number of benzene rings is 1. The Morgan fingerprint density at radius 1 is 1.26 bits per heavy atom. The quantitative estimate of drug-likeness (QED) is 0.788. The summed E-state index contributed by atoms with van der Waals surface area (Å²) in [6.07, 6.45) is 0.245. The topological polar surface area (TPSA) is 102 Å². The van der Waals surface area contributed by atoms with Crippen LogP contribution in [0.15, 0.2) is 29.2 Å². The second-order valence-electron chi connectivity index (χ2n) is 5.92. The second kappa shape index (κ2) is 7.39. The van der Waals surface area contributed by atoms with Crippen LogP contribution >= 0.6 is 0 Å². The molecule has 0 bridgehead atoms. The number of nitrogens with zero attached hydrogens (tertiary/aromatic N) is 1. The van der Waals surface area contributed by atoms with E-state index in [1.54, 1.807) is 12.1 Å². The Morgan fingerprint density at radius 3 is 2.35 bits per heavy atom. The van der Waals surface area contributed by atoms with E-state index in [-0.39, 0.29) is 23.0 Å². The molecular weight excluding hydrogens is 318 g/mol. The zero-order valence-corrected chi connectivity index (χ0v) is 14.2. The van der Waals surface area contributed by atoms with Gasteiger partial charge in [0.1, 0.15) is 0 Å². The zero-order chi connectivity index (χ0) is 17.0. The van der Waals surface area contributed by atoms with Crippen LogP contribution in [-0.2, 0) is 26.1 Å². The summed E-state index contributed by atoms with van der Waals surface area (Å²) < 4.78 is 28.0. The molecule has 23 heavy (non-hydrogen) atoms. The lowest BCUT2D eigenvalue weighted by molar-refractivity contribution is -0.126. The van der Waals surface area contributed by atoms with E-state index in [1.165, 1.54) is 12.1 Å². The van der Waals surface area contributed by atoms with Crippen molar-refractivity contribution in [2.75, 3.05) is 19.6 Å². The molecule has 1 aliphatic rings. The van der Waals surface area contributed by atoms with Crippen molar-refractivity contribution in [1.29, 1.82) is 0 Å². The summed E-state index contributed by atoms with van der Waals surface area (Å²) in [6, 6.07) is 6.14. The molecule has 0 radical (unpaired) electrons. The molecule has 1 aromatic carbocycles. The summed E-state index contributed by atoms with van der Waals surface area (Å²) in [5, 5.41) is 7.87. The van der Waals surface area contributed by atoms with Crippen LogP contribution in [0.1, 0.15) is 19.4 Å². The van der Waals surface area contributed by atoms with E-state index in [1.807, 2.05) is 13.8 Å². The first kappa shape index (κ1) is 17.9. The molecule has 3 N–H and O–H groups in total. The average molecular weight is 341 g/mol. The summed E-state index contributed by atoms with van der Waals surface area (Å²) in [5.74, 6) is -0.0678. The number of nitrogens with two attached hydrogens (primary N) is 1. The third kappa shape index (κ3) is 5.58. The van der Waals surface area contributed by atoms with Gasteiger partial charge in [0, 0.05) is 19.6 Å². The number of amides is 1. The summed E-state index contributed by atoms with van der Waals surface area (Å²) in [4.78, 5) is 14.1. The fourth-order valence-corrected chi connectivity index (χ4v) is 3.19. The fraction of sp³-hybridized carbons (Fsp3) is 0.533. The molecule has 1 amide bonds. The van der Waals surface area contributed by atoms with E-state index >= 15 is 0 Å². The highest BCUT2D eigenvalue weighted by Gasteiger charge is 2.23. The van der Waals surface area contributed by atoms with Gasteiger partial charge in [-0.1, -0.05) is 12.1 Å². The van der Waals surface area contributed by atoms with E-state index in [2.05, 4.69) is 10.2 Å². The van der Waals surface area contributed by atoms with E-state index in [0.29, 0.717) is 13.1 Å². The smallest absolute Gasteiger partial charge is 0.238 e. The highest BCUT2D eigenvalue weighted by molar-refractivity contribution is 7.89. The molecule has 0 saturated carbocycles. The molecule has 1 aromatic rings. The van der Waals surface area contributed by atoms with Crippen LogP contribution in [0.3, 0.4) is 0 Å².